The van der Waals surface area contributed by atoms with Crippen LogP contribution in [0.2, 0.25) is 0 Å². The molecule has 2 nitrogen and oxygen atoms in total. The second kappa shape index (κ2) is 5.54. The molecule has 6 heteroatoms. The summed E-state index contributed by atoms with van der Waals surface area (Å²) in [5.74, 6) is 0. The van der Waals surface area contributed by atoms with Gasteiger partial charge in [0, 0.05) is 11.6 Å². The van der Waals surface area contributed by atoms with Crippen LogP contribution in [0.15, 0.2) is 41.9 Å². The van der Waals surface area contributed by atoms with Crippen LogP contribution in [0.3, 0.4) is 0 Å². The smallest absolute Gasteiger partial charge is 0.291 e. The Morgan fingerprint density at radius 2 is 1.80 bits per heavy atom. The number of alkyl halides is 3. The molecular formula is C14H15F3N2S. The second-order valence-electron chi connectivity index (χ2n) is 4.99. The van der Waals surface area contributed by atoms with Crippen molar-refractivity contribution >= 4 is 11.3 Å². The van der Waals surface area contributed by atoms with Crippen molar-refractivity contribution in [2.75, 3.05) is 0 Å². The molecule has 1 aromatic heterocycles. The molecular weight excluding hydrogens is 285 g/mol. The van der Waals surface area contributed by atoms with E-state index in [0.29, 0.717) is 5.01 Å². The van der Waals surface area contributed by atoms with Gasteiger partial charge in [-0.2, -0.15) is 13.2 Å². The predicted octanol–water partition coefficient (Wildman–Crippen LogP) is 4.27. The van der Waals surface area contributed by atoms with Crippen molar-refractivity contribution in [2.45, 2.75) is 31.6 Å². The summed E-state index contributed by atoms with van der Waals surface area (Å²) in [6, 6.07) is 6.13. The molecule has 1 unspecified atom stereocenters. The Balaban J connectivity index is 2.30. The maximum Gasteiger partial charge on any atom is 0.407 e. The molecule has 1 heterocycles. The fourth-order valence-corrected chi connectivity index (χ4v) is 2.68. The first-order chi connectivity index (χ1) is 9.31. The highest BCUT2D eigenvalue weighted by atomic mass is 32.1. The molecule has 2 rings (SSSR count). The highest BCUT2D eigenvalue weighted by Crippen LogP contribution is 2.36. The quantitative estimate of drug-likeness (QED) is 0.912. The molecule has 0 fully saturated rings. The molecule has 0 aliphatic carbocycles. The summed E-state index contributed by atoms with van der Waals surface area (Å²) in [6.07, 6.45) is -2.77. The largest absolute Gasteiger partial charge is 0.407 e. The lowest BCUT2D eigenvalue weighted by atomic mass is 10.00. The number of hydrogen-bond donors (Lipinski definition) is 1. The minimum atomic E-state index is -4.37. The van der Waals surface area contributed by atoms with Crippen LogP contribution in [0, 0.1) is 0 Å². The van der Waals surface area contributed by atoms with Crippen LogP contribution in [0.1, 0.15) is 30.5 Å². The number of thiazole rings is 1. The minimum absolute atomic E-state index is 0.199. The number of hydrogen-bond acceptors (Lipinski definition) is 3. The van der Waals surface area contributed by atoms with E-state index in [9.17, 15) is 13.2 Å². The summed E-state index contributed by atoms with van der Waals surface area (Å²) in [6.45, 7) is 3.40. The van der Waals surface area contributed by atoms with Crippen LogP contribution >= 0.6 is 11.3 Å². The number of benzene rings is 1. The standard InChI is InChI=1S/C14H15F3N2S/c1-13(2,12-18-8-9-20-12)19-11(14(15,16)17)10-6-4-3-5-7-10/h3-9,11,19H,1-2H3. The summed E-state index contributed by atoms with van der Waals surface area (Å²) in [7, 11) is 0. The van der Waals surface area contributed by atoms with E-state index in [0.717, 1.165) is 0 Å². The van der Waals surface area contributed by atoms with Crippen LogP contribution in [0.25, 0.3) is 0 Å². The molecule has 0 spiro atoms. The van der Waals surface area contributed by atoms with Gasteiger partial charge in [0.25, 0.3) is 0 Å². The number of nitrogens with zero attached hydrogens (tertiary/aromatic N) is 1. The summed E-state index contributed by atoms with van der Waals surface area (Å²) in [5, 5.41) is 5.06. The summed E-state index contributed by atoms with van der Waals surface area (Å²) >= 11 is 1.34. The van der Waals surface area contributed by atoms with E-state index < -0.39 is 17.8 Å². The zero-order valence-corrected chi connectivity index (χ0v) is 11.9. The van der Waals surface area contributed by atoms with Gasteiger partial charge in [0.05, 0.1) is 5.54 Å². The van der Waals surface area contributed by atoms with Crippen molar-refractivity contribution in [1.29, 1.82) is 0 Å². The first kappa shape index (κ1) is 15.0. The average molecular weight is 300 g/mol. The fraction of sp³-hybridized carbons (Fsp3) is 0.357. The van der Waals surface area contributed by atoms with E-state index >= 15 is 0 Å². The van der Waals surface area contributed by atoms with Gasteiger partial charge >= 0.3 is 6.18 Å². The predicted molar refractivity (Wildman–Crippen MR) is 73.5 cm³/mol. The monoisotopic (exact) mass is 300 g/mol. The highest BCUT2D eigenvalue weighted by Gasteiger charge is 2.44. The molecule has 1 N–H and O–H groups in total. The molecule has 2 aromatic rings. The number of halogens is 3. The lowest BCUT2D eigenvalue weighted by molar-refractivity contribution is -0.162. The molecule has 0 saturated carbocycles. The van der Waals surface area contributed by atoms with E-state index in [4.69, 9.17) is 0 Å². The zero-order chi connectivity index (χ0) is 14.8. The summed E-state index contributed by atoms with van der Waals surface area (Å²) < 4.78 is 39.9. The van der Waals surface area contributed by atoms with Crippen LogP contribution in [0.5, 0.6) is 0 Å². The molecule has 20 heavy (non-hydrogen) atoms. The first-order valence-corrected chi connectivity index (χ1v) is 6.98. The highest BCUT2D eigenvalue weighted by molar-refractivity contribution is 7.09. The summed E-state index contributed by atoms with van der Waals surface area (Å²) in [5.41, 5.74) is -0.658. The van der Waals surface area contributed by atoms with E-state index in [1.807, 2.05) is 0 Å². The molecule has 0 amide bonds. The SMILES string of the molecule is CC(C)(NC(c1ccccc1)C(F)(F)F)c1nccs1. The average Bonchev–Trinajstić information content (AvgIpc) is 2.90. The van der Waals surface area contributed by atoms with Gasteiger partial charge in [-0.3, -0.25) is 5.32 Å². The number of nitrogens with one attached hydrogen (secondary N) is 1. The van der Waals surface area contributed by atoms with Gasteiger partial charge in [-0.05, 0) is 19.4 Å². The van der Waals surface area contributed by atoms with Gasteiger partial charge in [-0.15, -0.1) is 11.3 Å². The van der Waals surface area contributed by atoms with Crippen LogP contribution in [-0.4, -0.2) is 11.2 Å². The van der Waals surface area contributed by atoms with E-state index in [-0.39, 0.29) is 5.56 Å². The van der Waals surface area contributed by atoms with Gasteiger partial charge in [0.1, 0.15) is 11.0 Å². The van der Waals surface area contributed by atoms with E-state index in [2.05, 4.69) is 10.3 Å². The minimum Gasteiger partial charge on any atom is -0.291 e. The topological polar surface area (TPSA) is 24.9 Å². The van der Waals surface area contributed by atoms with Crippen LogP contribution in [-0.2, 0) is 5.54 Å². The lowest BCUT2D eigenvalue weighted by Gasteiger charge is -2.31. The first-order valence-electron chi connectivity index (χ1n) is 6.10. The maximum absolute atomic E-state index is 13.3. The Bertz CT molecular complexity index is 535. The molecule has 0 radical (unpaired) electrons. The fourth-order valence-electron chi connectivity index (χ4n) is 1.95. The van der Waals surface area contributed by atoms with Gasteiger partial charge in [-0.25, -0.2) is 4.98 Å². The van der Waals surface area contributed by atoms with Gasteiger partial charge < -0.3 is 0 Å². The van der Waals surface area contributed by atoms with Crippen molar-refractivity contribution < 1.29 is 13.2 Å². The number of aromatic nitrogens is 1. The zero-order valence-electron chi connectivity index (χ0n) is 11.1. The number of rotatable bonds is 4. The third-order valence-electron chi connectivity index (χ3n) is 2.93. The van der Waals surface area contributed by atoms with Crippen LogP contribution in [0.4, 0.5) is 13.2 Å². The van der Waals surface area contributed by atoms with E-state index in [1.165, 1.54) is 23.5 Å². The molecule has 1 atom stereocenters. The van der Waals surface area contributed by atoms with Crippen molar-refractivity contribution in [3.63, 3.8) is 0 Å². The van der Waals surface area contributed by atoms with Gasteiger partial charge in [0.2, 0.25) is 0 Å². The lowest BCUT2D eigenvalue weighted by Crippen LogP contribution is -2.45. The molecule has 108 valence electrons. The van der Waals surface area contributed by atoms with E-state index in [1.54, 1.807) is 43.6 Å². The second-order valence-corrected chi connectivity index (χ2v) is 5.89. The van der Waals surface area contributed by atoms with Crippen molar-refractivity contribution in [3.05, 3.63) is 52.5 Å². The van der Waals surface area contributed by atoms with Crippen molar-refractivity contribution in [1.82, 2.24) is 10.3 Å². The molecule has 0 bridgehead atoms. The van der Waals surface area contributed by atoms with Crippen LogP contribution < -0.4 is 5.32 Å². The Hall–Kier alpha value is -1.40. The molecule has 0 aliphatic heterocycles. The molecule has 1 aromatic carbocycles. The van der Waals surface area contributed by atoms with Crippen molar-refractivity contribution in [2.24, 2.45) is 0 Å². The normalized spacial score (nSPS) is 14.2. The molecule has 0 saturated heterocycles. The Morgan fingerprint density at radius 3 is 2.30 bits per heavy atom. The Kier molecular flexibility index (Phi) is 4.15. The third kappa shape index (κ3) is 3.37. The maximum atomic E-state index is 13.3. The molecule has 0 aliphatic rings. The van der Waals surface area contributed by atoms with Crippen molar-refractivity contribution in [3.8, 4) is 0 Å². The third-order valence-corrected chi connectivity index (χ3v) is 4.03. The Morgan fingerprint density at radius 1 is 1.15 bits per heavy atom. The van der Waals surface area contributed by atoms with Gasteiger partial charge in [0.15, 0.2) is 0 Å². The Labute approximate surface area is 119 Å². The summed E-state index contributed by atoms with van der Waals surface area (Å²) in [4.78, 5) is 4.11. The van der Waals surface area contributed by atoms with Gasteiger partial charge in [-0.1, -0.05) is 30.3 Å².